The lowest BCUT2D eigenvalue weighted by Crippen LogP contribution is -2.28. The number of amides is 1. The van der Waals surface area contributed by atoms with Crippen LogP contribution in [0.4, 0.5) is 15.8 Å². The van der Waals surface area contributed by atoms with Crippen molar-refractivity contribution in [1.29, 1.82) is 0 Å². The van der Waals surface area contributed by atoms with E-state index in [1.807, 2.05) is 68.4 Å². The lowest BCUT2D eigenvalue weighted by atomic mass is 10.2. The van der Waals surface area contributed by atoms with E-state index in [0.29, 0.717) is 26.4 Å². The van der Waals surface area contributed by atoms with E-state index in [-0.39, 0.29) is 18.3 Å². The first-order chi connectivity index (χ1) is 18.4. The number of nitrogens with zero attached hydrogens (tertiary/aromatic N) is 2. The van der Waals surface area contributed by atoms with Crippen molar-refractivity contribution in [2.24, 2.45) is 4.99 Å². The van der Waals surface area contributed by atoms with Crippen LogP contribution in [0.1, 0.15) is 22.3 Å². The van der Waals surface area contributed by atoms with Gasteiger partial charge in [0.25, 0.3) is 5.91 Å². The standard InChI is InChI=1S/C31H24ClFN2O2S/c1-20-7-12-24(13-8-20)34-31-35(25-14-9-21(2)10-15-25)30(36)29(38-31)18-22-11-16-28(26(32)17-22)37-19-23-5-3-4-6-27(23)33/h3-18H,19H2,1-2H3/b29-18-,34-31?. The number of rotatable bonds is 6. The van der Waals surface area contributed by atoms with Crippen LogP contribution in [-0.4, -0.2) is 11.1 Å². The summed E-state index contributed by atoms with van der Waals surface area (Å²) in [6, 6.07) is 27.3. The van der Waals surface area contributed by atoms with Crippen molar-refractivity contribution in [2.45, 2.75) is 20.5 Å². The van der Waals surface area contributed by atoms with Crippen LogP contribution in [0.2, 0.25) is 5.02 Å². The van der Waals surface area contributed by atoms with Gasteiger partial charge in [-0.1, -0.05) is 71.3 Å². The molecule has 0 bridgehead atoms. The molecule has 38 heavy (non-hydrogen) atoms. The minimum atomic E-state index is -0.331. The van der Waals surface area contributed by atoms with Crippen molar-refractivity contribution in [3.8, 4) is 5.75 Å². The average Bonchev–Trinajstić information content (AvgIpc) is 3.20. The Bertz CT molecular complexity index is 1550. The highest BCUT2D eigenvalue weighted by atomic mass is 35.5. The number of aliphatic imine (C=N–C) groups is 1. The van der Waals surface area contributed by atoms with Crippen LogP contribution in [0.3, 0.4) is 0 Å². The maximum Gasteiger partial charge on any atom is 0.271 e. The molecule has 1 aliphatic heterocycles. The van der Waals surface area contributed by atoms with E-state index in [0.717, 1.165) is 28.1 Å². The molecule has 0 spiro atoms. The number of amidine groups is 1. The molecule has 1 fully saturated rings. The van der Waals surface area contributed by atoms with Gasteiger partial charge in [0.1, 0.15) is 18.2 Å². The molecule has 0 aliphatic carbocycles. The number of hydrogen-bond donors (Lipinski definition) is 0. The maximum atomic E-state index is 13.9. The third-order valence-electron chi connectivity index (χ3n) is 5.95. The largest absolute Gasteiger partial charge is 0.487 e. The predicted molar refractivity (Wildman–Crippen MR) is 155 cm³/mol. The van der Waals surface area contributed by atoms with E-state index >= 15 is 0 Å². The molecule has 1 saturated heterocycles. The van der Waals surface area contributed by atoms with Crippen molar-refractivity contribution < 1.29 is 13.9 Å². The topological polar surface area (TPSA) is 41.9 Å². The second-order valence-electron chi connectivity index (χ2n) is 8.89. The second-order valence-corrected chi connectivity index (χ2v) is 10.3. The summed E-state index contributed by atoms with van der Waals surface area (Å²) >= 11 is 7.78. The first-order valence-corrected chi connectivity index (χ1v) is 13.2. The molecule has 0 N–H and O–H groups in total. The summed E-state index contributed by atoms with van der Waals surface area (Å²) in [5.41, 5.74) is 4.94. The van der Waals surface area contributed by atoms with E-state index in [1.54, 1.807) is 41.3 Å². The Kier molecular flexibility index (Phi) is 7.63. The van der Waals surface area contributed by atoms with Crippen molar-refractivity contribution in [2.75, 3.05) is 4.90 Å². The molecule has 4 aromatic rings. The molecule has 0 radical (unpaired) electrons. The highest BCUT2D eigenvalue weighted by Crippen LogP contribution is 2.38. The first-order valence-electron chi connectivity index (χ1n) is 12.0. The number of aryl methyl sites for hydroxylation is 2. The smallest absolute Gasteiger partial charge is 0.271 e. The van der Waals surface area contributed by atoms with Gasteiger partial charge in [0.15, 0.2) is 5.17 Å². The molecule has 1 amide bonds. The Morgan fingerprint density at radius 1 is 0.947 bits per heavy atom. The van der Waals surface area contributed by atoms with Crippen LogP contribution >= 0.6 is 23.4 Å². The number of carbonyl (C=O) groups excluding carboxylic acids is 1. The van der Waals surface area contributed by atoms with Gasteiger partial charge in [0.05, 0.1) is 21.3 Å². The molecule has 0 unspecified atom stereocenters. The number of anilines is 1. The van der Waals surface area contributed by atoms with Gasteiger partial charge < -0.3 is 4.74 Å². The van der Waals surface area contributed by atoms with Crippen molar-refractivity contribution in [3.63, 3.8) is 0 Å². The summed E-state index contributed by atoms with van der Waals surface area (Å²) in [6.45, 7) is 4.08. The van der Waals surface area contributed by atoms with Crippen LogP contribution in [0.25, 0.3) is 6.08 Å². The average molecular weight is 543 g/mol. The zero-order chi connectivity index (χ0) is 26.6. The maximum absolute atomic E-state index is 13.9. The molecule has 190 valence electrons. The van der Waals surface area contributed by atoms with Gasteiger partial charge in [0.2, 0.25) is 0 Å². The molecule has 1 heterocycles. The molecule has 5 rings (SSSR count). The van der Waals surface area contributed by atoms with Gasteiger partial charge in [-0.2, -0.15) is 0 Å². The molecular weight excluding hydrogens is 519 g/mol. The number of carbonyl (C=O) groups is 1. The summed E-state index contributed by atoms with van der Waals surface area (Å²) in [6.07, 6.45) is 1.79. The van der Waals surface area contributed by atoms with Crippen LogP contribution in [0, 0.1) is 19.7 Å². The highest BCUT2D eigenvalue weighted by Gasteiger charge is 2.34. The number of ether oxygens (including phenoxy) is 1. The minimum absolute atomic E-state index is 0.0610. The van der Waals surface area contributed by atoms with Crippen LogP contribution in [0.15, 0.2) is 101 Å². The fourth-order valence-corrected chi connectivity index (χ4v) is 5.09. The van der Waals surface area contributed by atoms with E-state index < -0.39 is 0 Å². The van der Waals surface area contributed by atoms with Crippen molar-refractivity contribution >= 4 is 51.9 Å². The summed E-state index contributed by atoms with van der Waals surface area (Å²) in [5.74, 6) is -0.0610. The quantitative estimate of drug-likeness (QED) is 0.229. The second kappa shape index (κ2) is 11.3. The van der Waals surface area contributed by atoms with Crippen molar-refractivity contribution in [1.82, 2.24) is 0 Å². The fourth-order valence-electron chi connectivity index (χ4n) is 3.85. The van der Waals surface area contributed by atoms with Crippen molar-refractivity contribution in [3.05, 3.63) is 129 Å². The van der Waals surface area contributed by atoms with Crippen LogP contribution < -0.4 is 9.64 Å². The van der Waals surface area contributed by atoms with Gasteiger partial charge in [-0.3, -0.25) is 9.69 Å². The Balaban J connectivity index is 1.42. The molecule has 4 aromatic carbocycles. The first kappa shape index (κ1) is 25.8. The Morgan fingerprint density at radius 2 is 1.63 bits per heavy atom. The summed E-state index contributed by atoms with van der Waals surface area (Å²) in [7, 11) is 0. The number of benzene rings is 4. The zero-order valence-electron chi connectivity index (χ0n) is 20.8. The lowest BCUT2D eigenvalue weighted by molar-refractivity contribution is -0.113. The Morgan fingerprint density at radius 3 is 2.32 bits per heavy atom. The number of halogens is 2. The molecular formula is C31H24ClFN2O2S. The predicted octanol–water partition coefficient (Wildman–Crippen LogP) is 8.48. The van der Waals surface area contributed by atoms with E-state index in [1.165, 1.54) is 17.8 Å². The third-order valence-corrected chi connectivity index (χ3v) is 7.22. The fraction of sp³-hybridized carbons (Fsp3) is 0.0968. The zero-order valence-corrected chi connectivity index (χ0v) is 22.4. The molecule has 4 nitrogen and oxygen atoms in total. The third kappa shape index (κ3) is 5.82. The SMILES string of the molecule is Cc1ccc(N=C2S/C(=C\c3ccc(OCc4ccccc4F)c(Cl)c3)C(=O)N2c2ccc(C)cc2)cc1. The van der Waals surface area contributed by atoms with Gasteiger partial charge in [-0.25, -0.2) is 9.38 Å². The van der Waals surface area contributed by atoms with Gasteiger partial charge in [-0.05, 0) is 79.7 Å². The summed E-state index contributed by atoms with van der Waals surface area (Å²) in [5, 5.41) is 0.944. The monoisotopic (exact) mass is 542 g/mol. The van der Waals surface area contributed by atoms with Crippen LogP contribution in [-0.2, 0) is 11.4 Å². The van der Waals surface area contributed by atoms with E-state index in [9.17, 15) is 9.18 Å². The molecule has 0 atom stereocenters. The Hall–Kier alpha value is -3.87. The molecule has 0 aromatic heterocycles. The van der Waals surface area contributed by atoms with Crippen LogP contribution in [0.5, 0.6) is 5.75 Å². The molecule has 7 heteroatoms. The Labute approximate surface area is 230 Å². The lowest BCUT2D eigenvalue weighted by Gasteiger charge is -2.16. The summed E-state index contributed by atoms with van der Waals surface area (Å²) < 4.78 is 19.6. The highest BCUT2D eigenvalue weighted by molar-refractivity contribution is 8.19. The number of thioether (sulfide) groups is 1. The van der Waals surface area contributed by atoms with E-state index in [4.69, 9.17) is 21.3 Å². The van der Waals surface area contributed by atoms with Gasteiger partial charge in [0, 0.05) is 5.56 Å². The molecule has 1 aliphatic rings. The minimum Gasteiger partial charge on any atom is -0.487 e. The van der Waals surface area contributed by atoms with E-state index in [2.05, 4.69) is 0 Å². The summed E-state index contributed by atoms with van der Waals surface area (Å²) in [4.78, 5) is 20.5. The normalized spacial score (nSPS) is 15.5. The van der Waals surface area contributed by atoms with Gasteiger partial charge >= 0.3 is 0 Å². The van der Waals surface area contributed by atoms with Gasteiger partial charge in [-0.15, -0.1) is 0 Å². The molecule has 0 saturated carbocycles. The number of hydrogen-bond acceptors (Lipinski definition) is 4.